The van der Waals surface area contributed by atoms with Crippen LogP contribution in [0.5, 0.6) is 0 Å². The normalized spacial score (nSPS) is 16.2. The lowest BCUT2D eigenvalue weighted by Gasteiger charge is -2.24. The first-order chi connectivity index (χ1) is 17.6. The van der Waals surface area contributed by atoms with Gasteiger partial charge in [0, 0.05) is 49.4 Å². The molecule has 1 saturated heterocycles. The Morgan fingerprint density at radius 3 is 2.72 bits per heavy atom. The molecular formula is C27H30ClN5O3. The summed E-state index contributed by atoms with van der Waals surface area (Å²) in [5.74, 6) is 1.31. The van der Waals surface area contributed by atoms with Crippen LogP contribution in [0.4, 0.5) is 0 Å². The fraction of sp³-hybridized carbons (Fsp3) is 0.407. The first-order valence-electron chi connectivity index (χ1n) is 12.4. The Hall–Kier alpha value is -3.07. The van der Waals surface area contributed by atoms with E-state index in [4.69, 9.17) is 26.0 Å². The van der Waals surface area contributed by atoms with Gasteiger partial charge in [0.1, 0.15) is 0 Å². The molecule has 1 aliphatic heterocycles. The predicted molar refractivity (Wildman–Crippen MR) is 138 cm³/mol. The van der Waals surface area contributed by atoms with Gasteiger partial charge in [-0.05, 0) is 43.1 Å². The second-order valence-electron chi connectivity index (χ2n) is 9.21. The number of hydrogen-bond acceptors (Lipinski definition) is 7. The molecular weight excluding hydrogens is 478 g/mol. The molecule has 2 aromatic carbocycles. The van der Waals surface area contributed by atoms with Crippen LogP contribution < -0.4 is 5.56 Å². The van der Waals surface area contributed by atoms with E-state index in [9.17, 15) is 4.79 Å². The minimum absolute atomic E-state index is 0.0445. The summed E-state index contributed by atoms with van der Waals surface area (Å²) < 4.78 is 12.1. The molecule has 4 aromatic rings. The van der Waals surface area contributed by atoms with Crippen LogP contribution in [-0.2, 0) is 30.5 Å². The van der Waals surface area contributed by atoms with Crippen molar-refractivity contribution in [1.82, 2.24) is 24.8 Å². The molecule has 0 aliphatic carbocycles. The Morgan fingerprint density at radius 1 is 1.11 bits per heavy atom. The molecule has 36 heavy (non-hydrogen) atoms. The van der Waals surface area contributed by atoms with Gasteiger partial charge in [-0.25, -0.2) is 4.68 Å². The molecule has 0 saturated carbocycles. The SMILES string of the molecule is COCCc1noc(CCN2CCCC2Cn2nc(Cc3ccc(Cl)cc3)c3ccccc3c2=O)n1. The van der Waals surface area contributed by atoms with Gasteiger partial charge in [-0.2, -0.15) is 10.1 Å². The highest BCUT2D eigenvalue weighted by atomic mass is 35.5. The van der Waals surface area contributed by atoms with E-state index in [1.54, 1.807) is 11.8 Å². The standard InChI is InChI=1S/C27H30ClN5O3/c1-35-16-13-25-29-26(36-31-25)12-15-32-14-4-5-21(32)18-33-27(34)23-7-3-2-6-22(23)24(30-33)17-19-8-10-20(28)11-9-19/h2-3,6-11,21H,4-5,12-18H2,1H3. The van der Waals surface area contributed by atoms with Crippen LogP contribution in [0.2, 0.25) is 5.02 Å². The summed E-state index contributed by atoms with van der Waals surface area (Å²) in [5, 5.41) is 11.2. The monoisotopic (exact) mass is 507 g/mol. The van der Waals surface area contributed by atoms with Gasteiger partial charge in [0.15, 0.2) is 5.82 Å². The van der Waals surface area contributed by atoms with Crippen molar-refractivity contribution < 1.29 is 9.26 Å². The molecule has 0 bridgehead atoms. The highest BCUT2D eigenvalue weighted by Gasteiger charge is 2.26. The maximum atomic E-state index is 13.4. The fourth-order valence-electron chi connectivity index (χ4n) is 4.88. The van der Waals surface area contributed by atoms with Crippen molar-refractivity contribution in [1.29, 1.82) is 0 Å². The largest absolute Gasteiger partial charge is 0.384 e. The lowest BCUT2D eigenvalue weighted by atomic mass is 10.0. The minimum Gasteiger partial charge on any atom is -0.384 e. The zero-order valence-corrected chi connectivity index (χ0v) is 21.2. The van der Waals surface area contributed by atoms with E-state index >= 15 is 0 Å². The number of ether oxygens (including phenoxy) is 1. The van der Waals surface area contributed by atoms with Crippen LogP contribution in [0.15, 0.2) is 57.8 Å². The predicted octanol–water partition coefficient (Wildman–Crippen LogP) is 3.92. The van der Waals surface area contributed by atoms with E-state index < -0.39 is 0 Å². The molecule has 1 aliphatic rings. The van der Waals surface area contributed by atoms with E-state index in [0.717, 1.165) is 42.6 Å². The molecule has 5 rings (SSSR count). The lowest BCUT2D eigenvalue weighted by Crippen LogP contribution is -2.38. The van der Waals surface area contributed by atoms with E-state index in [2.05, 4.69) is 15.0 Å². The topological polar surface area (TPSA) is 86.3 Å². The number of aromatic nitrogens is 4. The molecule has 0 amide bonds. The summed E-state index contributed by atoms with van der Waals surface area (Å²) in [6, 6.07) is 15.7. The molecule has 0 N–H and O–H groups in total. The lowest BCUT2D eigenvalue weighted by molar-refractivity contribution is 0.199. The van der Waals surface area contributed by atoms with Crippen LogP contribution in [0, 0.1) is 0 Å². The molecule has 8 nitrogen and oxygen atoms in total. The van der Waals surface area contributed by atoms with Gasteiger partial charge in [0.25, 0.3) is 5.56 Å². The van der Waals surface area contributed by atoms with Crippen molar-refractivity contribution >= 4 is 22.4 Å². The summed E-state index contributed by atoms with van der Waals surface area (Å²) in [6.07, 6.45) is 4.07. The van der Waals surface area contributed by atoms with E-state index in [1.807, 2.05) is 48.5 Å². The van der Waals surface area contributed by atoms with Crippen molar-refractivity contribution in [3.63, 3.8) is 0 Å². The number of methoxy groups -OCH3 is 1. The van der Waals surface area contributed by atoms with Gasteiger partial charge in [-0.1, -0.05) is 47.1 Å². The summed E-state index contributed by atoms with van der Waals surface area (Å²) in [5.41, 5.74) is 1.96. The molecule has 1 atom stereocenters. The maximum absolute atomic E-state index is 13.4. The van der Waals surface area contributed by atoms with E-state index in [1.165, 1.54) is 0 Å². The van der Waals surface area contributed by atoms with Crippen LogP contribution in [0.1, 0.15) is 35.8 Å². The molecule has 2 aromatic heterocycles. The first kappa shape index (κ1) is 24.6. The first-order valence-corrected chi connectivity index (χ1v) is 12.8. The fourth-order valence-corrected chi connectivity index (χ4v) is 5.00. The molecule has 9 heteroatoms. The highest BCUT2D eigenvalue weighted by Crippen LogP contribution is 2.21. The molecule has 188 valence electrons. The quantitative estimate of drug-likeness (QED) is 0.321. The zero-order valence-electron chi connectivity index (χ0n) is 20.4. The van der Waals surface area contributed by atoms with Gasteiger partial charge < -0.3 is 9.26 Å². The van der Waals surface area contributed by atoms with Crippen LogP contribution in [0.3, 0.4) is 0 Å². The summed E-state index contributed by atoms with van der Waals surface area (Å²) in [4.78, 5) is 20.2. The number of rotatable bonds is 10. The van der Waals surface area contributed by atoms with Crippen LogP contribution >= 0.6 is 11.6 Å². The van der Waals surface area contributed by atoms with Crippen LogP contribution in [0.25, 0.3) is 10.8 Å². The van der Waals surface area contributed by atoms with Gasteiger partial charge in [0.2, 0.25) is 5.89 Å². The van der Waals surface area contributed by atoms with Crippen molar-refractivity contribution in [2.24, 2.45) is 0 Å². The molecule has 1 unspecified atom stereocenters. The number of hydrogen-bond donors (Lipinski definition) is 0. The number of likely N-dealkylation sites (tertiary alicyclic amines) is 1. The average molecular weight is 508 g/mol. The highest BCUT2D eigenvalue weighted by molar-refractivity contribution is 6.30. The Labute approximate surface area is 214 Å². The van der Waals surface area contributed by atoms with E-state index in [0.29, 0.717) is 54.5 Å². The third kappa shape index (κ3) is 5.67. The third-order valence-electron chi connectivity index (χ3n) is 6.76. The van der Waals surface area contributed by atoms with Crippen molar-refractivity contribution in [3.05, 3.63) is 86.9 Å². The average Bonchev–Trinajstić information content (AvgIpc) is 3.54. The molecule has 3 heterocycles. The molecule has 1 fully saturated rings. The second kappa shape index (κ2) is 11.3. The number of nitrogens with zero attached hydrogens (tertiary/aromatic N) is 5. The Kier molecular flexibility index (Phi) is 7.75. The molecule has 0 radical (unpaired) electrons. The number of fused-ring (bicyclic) bond motifs is 1. The Bertz CT molecular complexity index is 1370. The molecule has 0 spiro atoms. The summed E-state index contributed by atoms with van der Waals surface area (Å²) >= 11 is 6.07. The van der Waals surface area contributed by atoms with Gasteiger partial charge in [0.05, 0.1) is 24.2 Å². The van der Waals surface area contributed by atoms with Gasteiger partial charge >= 0.3 is 0 Å². The van der Waals surface area contributed by atoms with Crippen molar-refractivity contribution in [2.75, 3.05) is 26.8 Å². The van der Waals surface area contributed by atoms with Gasteiger partial charge in [-0.15, -0.1) is 0 Å². The smallest absolute Gasteiger partial charge is 0.274 e. The minimum atomic E-state index is -0.0445. The van der Waals surface area contributed by atoms with Crippen LogP contribution in [-0.4, -0.2) is 57.7 Å². The maximum Gasteiger partial charge on any atom is 0.274 e. The van der Waals surface area contributed by atoms with Crippen molar-refractivity contribution in [3.8, 4) is 0 Å². The second-order valence-corrected chi connectivity index (χ2v) is 9.65. The number of halogens is 1. The van der Waals surface area contributed by atoms with E-state index in [-0.39, 0.29) is 11.6 Å². The third-order valence-corrected chi connectivity index (χ3v) is 7.02. The van der Waals surface area contributed by atoms with Gasteiger partial charge in [-0.3, -0.25) is 9.69 Å². The number of benzene rings is 2. The zero-order chi connectivity index (χ0) is 24.9. The summed E-state index contributed by atoms with van der Waals surface area (Å²) in [6.45, 7) is 2.91. The Balaban J connectivity index is 1.33. The van der Waals surface area contributed by atoms with Crippen molar-refractivity contribution in [2.45, 2.75) is 44.7 Å². The summed E-state index contributed by atoms with van der Waals surface area (Å²) in [7, 11) is 1.66. The Morgan fingerprint density at radius 2 is 1.92 bits per heavy atom.